The van der Waals surface area contributed by atoms with E-state index < -0.39 is 0 Å². The third-order valence-electron chi connectivity index (χ3n) is 4.18. The minimum atomic E-state index is -0.264. The zero-order valence-corrected chi connectivity index (χ0v) is 12.7. The molecule has 18 heavy (non-hydrogen) atoms. The van der Waals surface area contributed by atoms with Crippen LogP contribution in [0.15, 0.2) is 0 Å². The third-order valence-corrected chi connectivity index (χ3v) is 4.18. The van der Waals surface area contributed by atoms with Crippen molar-refractivity contribution in [2.24, 2.45) is 16.7 Å². The van der Waals surface area contributed by atoms with E-state index in [1.165, 1.54) is 25.9 Å². The highest BCUT2D eigenvalue weighted by Gasteiger charge is 2.32. The lowest BCUT2D eigenvalue weighted by molar-refractivity contribution is 0.101. The molecule has 0 aromatic carbocycles. The van der Waals surface area contributed by atoms with Gasteiger partial charge >= 0.3 is 0 Å². The number of nitrogens with one attached hydrogen (secondary N) is 1. The molecule has 0 aliphatic carbocycles. The van der Waals surface area contributed by atoms with Crippen molar-refractivity contribution in [1.29, 1.82) is 5.26 Å². The number of nitrogens with zero attached hydrogens (tertiary/aromatic N) is 2. The molecule has 3 nitrogen and oxygen atoms in total. The average Bonchev–Trinajstić information content (AvgIpc) is 2.28. The van der Waals surface area contributed by atoms with Crippen LogP contribution < -0.4 is 5.32 Å². The molecule has 0 aromatic heterocycles. The number of hydrogen-bond acceptors (Lipinski definition) is 3. The summed E-state index contributed by atoms with van der Waals surface area (Å²) >= 11 is 0. The lowest BCUT2D eigenvalue weighted by Crippen LogP contribution is -2.45. The van der Waals surface area contributed by atoms with Crippen LogP contribution in [0.2, 0.25) is 0 Å². The first-order chi connectivity index (χ1) is 8.27. The van der Waals surface area contributed by atoms with E-state index in [4.69, 9.17) is 5.26 Å². The fraction of sp³-hybridized carbons (Fsp3) is 0.933. The Kier molecular flexibility index (Phi) is 5.19. The smallest absolute Gasteiger partial charge is 0.0697 e. The summed E-state index contributed by atoms with van der Waals surface area (Å²) in [6.45, 7) is 12.9. The van der Waals surface area contributed by atoms with E-state index in [0.717, 1.165) is 19.0 Å². The van der Waals surface area contributed by atoms with Crippen molar-refractivity contribution in [1.82, 2.24) is 10.2 Å². The van der Waals surface area contributed by atoms with Crippen molar-refractivity contribution in [3.8, 4) is 6.07 Å². The van der Waals surface area contributed by atoms with Gasteiger partial charge in [0.25, 0.3) is 0 Å². The minimum Gasteiger partial charge on any atom is -0.315 e. The molecule has 1 unspecified atom stereocenters. The van der Waals surface area contributed by atoms with Gasteiger partial charge < -0.3 is 10.2 Å². The average molecular weight is 251 g/mol. The second kappa shape index (κ2) is 6.04. The van der Waals surface area contributed by atoms with Crippen molar-refractivity contribution >= 4 is 0 Å². The summed E-state index contributed by atoms with van der Waals surface area (Å²) in [6, 6.07) is 2.34. The maximum atomic E-state index is 9.01. The zero-order chi connectivity index (χ0) is 13.8. The normalized spacial score (nSPS) is 22.8. The van der Waals surface area contributed by atoms with Gasteiger partial charge in [0.15, 0.2) is 0 Å². The maximum absolute atomic E-state index is 9.01. The van der Waals surface area contributed by atoms with E-state index in [1.807, 2.05) is 13.8 Å². The minimum absolute atomic E-state index is 0.264. The Bertz CT molecular complexity index is 301. The predicted molar refractivity (Wildman–Crippen MR) is 76.3 cm³/mol. The first kappa shape index (κ1) is 15.5. The van der Waals surface area contributed by atoms with Crippen molar-refractivity contribution in [2.45, 2.75) is 40.5 Å². The maximum Gasteiger partial charge on any atom is 0.0697 e. The Balaban J connectivity index is 2.42. The number of rotatable bonds is 5. The molecule has 0 amide bonds. The molecule has 1 heterocycles. The van der Waals surface area contributed by atoms with E-state index >= 15 is 0 Å². The molecule has 0 bridgehead atoms. The third kappa shape index (κ3) is 4.59. The first-order valence-corrected chi connectivity index (χ1v) is 7.07. The largest absolute Gasteiger partial charge is 0.315 e. The highest BCUT2D eigenvalue weighted by Crippen LogP contribution is 2.33. The van der Waals surface area contributed by atoms with Crippen LogP contribution in [-0.4, -0.2) is 38.1 Å². The summed E-state index contributed by atoms with van der Waals surface area (Å²) < 4.78 is 0. The van der Waals surface area contributed by atoms with Gasteiger partial charge in [0.2, 0.25) is 0 Å². The lowest BCUT2D eigenvalue weighted by Gasteiger charge is -2.41. The number of nitriles is 1. The zero-order valence-electron chi connectivity index (χ0n) is 12.7. The molecule has 104 valence electrons. The molecule has 1 saturated heterocycles. The van der Waals surface area contributed by atoms with Gasteiger partial charge in [-0.25, -0.2) is 0 Å². The molecule has 1 atom stereocenters. The molecule has 0 saturated carbocycles. The van der Waals surface area contributed by atoms with E-state index in [0.29, 0.717) is 5.41 Å². The first-order valence-electron chi connectivity index (χ1n) is 7.07. The highest BCUT2D eigenvalue weighted by molar-refractivity contribution is 4.94. The fourth-order valence-corrected chi connectivity index (χ4v) is 2.69. The summed E-state index contributed by atoms with van der Waals surface area (Å²) in [5.74, 6) is 0.758. The van der Waals surface area contributed by atoms with Gasteiger partial charge in [0.05, 0.1) is 11.5 Å². The van der Waals surface area contributed by atoms with Gasteiger partial charge in [-0.05, 0) is 51.6 Å². The SMILES string of the molecule is CN1CCCC(C(C)(C)CNCC(C)(C)C#N)C1. The van der Waals surface area contributed by atoms with E-state index in [9.17, 15) is 0 Å². The molecule has 0 spiro atoms. The van der Waals surface area contributed by atoms with Gasteiger partial charge in [-0.15, -0.1) is 0 Å². The van der Waals surface area contributed by atoms with Crippen LogP contribution in [-0.2, 0) is 0 Å². The van der Waals surface area contributed by atoms with Crippen LogP contribution in [0.5, 0.6) is 0 Å². The van der Waals surface area contributed by atoms with Crippen molar-refractivity contribution < 1.29 is 0 Å². The molecule has 1 aliphatic rings. The molecule has 1 rings (SSSR count). The van der Waals surface area contributed by atoms with Gasteiger partial charge in [-0.1, -0.05) is 13.8 Å². The second-order valence-corrected chi connectivity index (χ2v) is 7.19. The Morgan fingerprint density at radius 2 is 1.94 bits per heavy atom. The van der Waals surface area contributed by atoms with Crippen LogP contribution >= 0.6 is 0 Å². The van der Waals surface area contributed by atoms with Crippen LogP contribution in [0, 0.1) is 28.1 Å². The van der Waals surface area contributed by atoms with Gasteiger partial charge in [-0.2, -0.15) is 5.26 Å². The van der Waals surface area contributed by atoms with E-state index in [2.05, 4.69) is 37.2 Å². The Labute approximate surface area is 113 Å². The predicted octanol–water partition coefficient (Wildman–Crippen LogP) is 2.49. The summed E-state index contributed by atoms with van der Waals surface area (Å²) in [7, 11) is 2.22. The van der Waals surface area contributed by atoms with E-state index in [-0.39, 0.29) is 5.41 Å². The Morgan fingerprint density at radius 3 is 2.50 bits per heavy atom. The van der Waals surface area contributed by atoms with Crippen molar-refractivity contribution in [2.75, 3.05) is 33.2 Å². The van der Waals surface area contributed by atoms with Gasteiger partial charge in [0, 0.05) is 19.6 Å². The van der Waals surface area contributed by atoms with Crippen LogP contribution in [0.4, 0.5) is 0 Å². The van der Waals surface area contributed by atoms with Crippen LogP contribution in [0.1, 0.15) is 40.5 Å². The van der Waals surface area contributed by atoms with Crippen molar-refractivity contribution in [3.63, 3.8) is 0 Å². The van der Waals surface area contributed by atoms with Crippen molar-refractivity contribution in [3.05, 3.63) is 0 Å². The molecule has 1 fully saturated rings. The summed E-state index contributed by atoms with van der Waals surface area (Å²) in [5, 5.41) is 12.5. The lowest BCUT2D eigenvalue weighted by atomic mass is 9.74. The molecule has 0 aromatic rings. The summed E-state index contributed by atoms with van der Waals surface area (Å²) in [6.07, 6.45) is 2.65. The highest BCUT2D eigenvalue weighted by atomic mass is 15.1. The molecule has 1 N–H and O–H groups in total. The standard InChI is InChI=1S/C15H29N3/c1-14(2,10-16)11-17-12-15(3,4)13-7-6-8-18(5)9-13/h13,17H,6-9,11-12H2,1-5H3. The van der Waals surface area contributed by atoms with Crippen LogP contribution in [0.3, 0.4) is 0 Å². The molecule has 1 aliphatic heterocycles. The van der Waals surface area contributed by atoms with Crippen LogP contribution in [0.25, 0.3) is 0 Å². The summed E-state index contributed by atoms with van der Waals surface area (Å²) in [5.41, 5.74) is 0.0413. The number of hydrogen-bond donors (Lipinski definition) is 1. The Morgan fingerprint density at radius 1 is 1.28 bits per heavy atom. The van der Waals surface area contributed by atoms with Gasteiger partial charge in [0.1, 0.15) is 0 Å². The quantitative estimate of drug-likeness (QED) is 0.816. The monoisotopic (exact) mass is 251 g/mol. The molecule has 0 radical (unpaired) electrons. The number of piperidine rings is 1. The van der Waals surface area contributed by atoms with Gasteiger partial charge in [-0.3, -0.25) is 0 Å². The fourth-order valence-electron chi connectivity index (χ4n) is 2.69. The molecular formula is C15H29N3. The number of likely N-dealkylation sites (tertiary alicyclic amines) is 1. The summed E-state index contributed by atoms with van der Waals surface area (Å²) in [4.78, 5) is 2.44. The van der Waals surface area contributed by atoms with E-state index in [1.54, 1.807) is 0 Å². The molecular weight excluding hydrogens is 222 g/mol. The topological polar surface area (TPSA) is 39.1 Å². The molecule has 3 heteroatoms. The Hall–Kier alpha value is -0.590. The second-order valence-electron chi connectivity index (χ2n) is 7.19.